The Kier molecular flexibility index (Phi) is 3.72. The second-order valence-electron chi connectivity index (χ2n) is 5.62. The number of hydrogen-bond acceptors (Lipinski definition) is 2. The first-order chi connectivity index (χ1) is 9.75. The Morgan fingerprint density at radius 3 is 2.45 bits per heavy atom. The molecule has 4 nitrogen and oxygen atoms in total. The summed E-state index contributed by atoms with van der Waals surface area (Å²) in [7, 11) is 0. The number of benzene rings is 1. The van der Waals surface area contributed by atoms with Gasteiger partial charge >= 0.3 is 0 Å². The third kappa shape index (κ3) is 2.55. The third-order valence-corrected chi connectivity index (χ3v) is 4.27. The lowest BCUT2D eigenvalue weighted by Gasteiger charge is -2.30. The van der Waals surface area contributed by atoms with Crippen molar-refractivity contribution < 1.29 is 9.59 Å². The molecule has 1 saturated carbocycles. The molecule has 3 rings (SSSR count). The maximum atomic E-state index is 12.4. The lowest BCUT2D eigenvalue weighted by molar-refractivity contribution is -0.140. The first-order valence-electron chi connectivity index (χ1n) is 7.40. The van der Waals surface area contributed by atoms with Crippen LogP contribution >= 0.6 is 0 Å². The largest absolute Gasteiger partial charge is 0.333 e. The zero-order chi connectivity index (χ0) is 13.9. The quantitative estimate of drug-likeness (QED) is 0.826. The highest BCUT2D eigenvalue weighted by Crippen LogP contribution is 2.29. The van der Waals surface area contributed by atoms with E-state index >= 15 is 0 Å². The van der Waals surface area contributed by atoms with Crippen LogP contribution in [-0.2, 0) is 9.59 Å². The second kappa shape index (κ2) is 5.65. The van der Waals surface area contributed by atoms with E-state index < -0.39 is 0 Å². The van der Waals surface area contributed by atoms with Crippen molar-refractivity contribution in [3.8, 4) is 0 Å². The number of rotatable bonds is 2. The van der Waals surface area contributed by atoms with Crippen molar-refractivity contribution in [2.45, 2.75) is 25.7 Å². The summed E-state index contributed by atoms with van der Waals surface area (Å²) in [5.74, 6) is 0.381. The third-order valence-electron chi connectivity index (χ3n) is 4.27. The van der Waals surface area contributed by atoms with Crippen LogP contribution in [-0.4, -0.2) is 36.3 Å². The fourth-order valence-electron chi connectivity index (χ4n) is 2.85. The van der Waals surface area contributed by atoms with Crippen LogP contribution in [0.25, 0.3) is 0 Å². The maximum Gasteiger partial charge on any atom is 0.246 e. The summed E-state index contributed by atoms with van der Waals surface area (Å²) in [6.07, 6.45) is 3.98. The summed E-state index contributed by atoms with van der Waals surface area (Å²) in [5, 5.41) is 0. The Balaban J connectivity index is 1.70. The van der Waals surface area contributed by atoms with Crippen LogP contribution in [0.4, 0.5) is 5.69 Å². The molecule has 0 bridgehead atoms. The average Bonchev–Trinajstić information content (AvgIpc) is 2.59. The number of amides is 2. The zero-order valence-corrected chi connectivity index (χ0v) is 11.6. The molecule has 2 fully saturated rings. The number of carbonyl (C=O) groups excluding carboxylic acids is 2. The Morgan fingerprint density at radius 2 is 1.80 bits per heavy atom. The SMILES string of the molecule is O=C(C1CCC1)N1CCCN(c2ccccc2)C(=O)C1. The van der Waals surface area contributed by atoms with Crippen molar-refractivity contribution in [1.82, 2.24) is 4.90 Å². The molecule has 0 atom stereocenters. The number of nitrogens with zero attached hydrogens (tertiary/aromatic N) is 2. The molecule has 0 unspecified atom stereocenters. The highest BCUT2D eigenvalue weighted by atomic mass is 16.2. The van der Waals surface area contributed by atoms with Gasteiger partial charge in [0.1, 0.15) is 6.54 Å². The topological polar surface area (TPSA) is 40.6 Å². The summed E-state index contributed by atoms with van der Waals surface area (Å²) in [6, 6.07) is 9.70. The van der Waals surface area contributed by atoms with E-state index in [-0.39, 0.29) is 24.3 Å². The fourth-order valence-corrected chi connectivity index (χ4v) is 2.85. The lowest BCUT2D eigenvalue weighted by Crippen LogP contribution is -2.43. The maximum absolute atomic E-state index is 12.4. The van der Waals surface area contributed by atoms with E-state index in [0.717, 1.165) is 31.4 Å². The molecule has 1 aromatic carbocycles. The molecule has 1 saturated heterocycles. The van der Waals surface area contributed by atoms with E-state index in [0.29, 0.717) is 13.1 Å². The van der Waals surface area contributed by atoms with Gasteiger partial charge in [-0.2, -0.15) is 0 Å². The summed E-state index contributed by atoms with van der Waals surface area (Å²) in [5.41, 5.74) is 0.926. The van der Waals surface area contributed by atoms with Crippen LogP contribution < -0.4 is 4.90 Å². The van der Waals surface area contributed by atoms with Gasteiger partial charge in [0, 0.05) is 24.7 Å². The molecule has 0 N–H and O–H groups in total. The molecular weight excluding hydrogens is 252 g/mol. The van der Waals surface area contributed by atoms with Crippen LogP contribution in [0.15, 0.2) is 30.3 Å². The number of para-hydroxylation sites is 1. The van der Waals surface area contributed by atoms with Gasteiger partial charge in [0.05, 0.1) is 0 Å². The molecule has 2 aliphatic rings. The lowest BCUT2D eigenvalue weighted by atomic mass is 9.84. The van der Waals surface area contributed by atoms with Gasteiger partial charge < -0.3 is 9.80 Å². The van der Waals surface area contributed by atoms with Crippen molar-refractivity contribution in [3.05, 3.63) is 30.3 Å². The predicted molar refractivity (Wildman–Crippen MR) is 77.3 cm³/mol. The van der Waals surface area contributed by atoms with Crippen molar-refractivity contribution in [1.29, 1.82) is 0 Å². The fraction of sp³-hybridized carbons (Fsp3) is 0.500. The molecule has 1 aromatic rings. The second-order valence-corrected chi connectivity index (χ2v) is 5.62. The van der Waals surface area contributed by atoms with Gasteiger partial charge in [-0.1, -0.05) is 24.6 Å². The van der Waals surface area contributed by atoms with Gasteiger partial charge in [-0.15, -0.1) is 0 Å². The molecule has 0 aromatic heterocycles. The van der Waals surface area contributed by atoms with Gasteiger partial charge in [-0.05, 0) is 31.4 Å². The van der Waals surface area contributed by atoms with Crippen molar-refractivity contribution in [2.24, 2.45) is 5.92 Å². The van der Waals surface area contributed by atoms with E-state index in [2.05, 4.69) is 0 Å². The Morgan fingerprint density at radius 1 is 1.05 bits per heavy atom. The Bertz CT molecular complexity index is 496. The minimum atomic E-state index is 0.0290. The average molecular weight is 272 g/mol. The first kappa shape index (κ1) is 13.2. The van der Waals surface area contributed by atoms with Crippen LogP contribution in [0.5, 0.6) is 0 Å². The van der Waals surface area contributed by atoms with Crippen LogP contribution in [0, 0.1) is 5.92 Å². The molecule has 20 heavy (non-hydrogen) atoms. The molecule has 106 valence electrons. The molecular formula is C16H20N2O2. The minimum absolute atomic E-state index is 0.0290. The van der Waals surface area contributed by atoms with E-state index in [4.69, 9.17) is 0 Å². The van der Waals surface area contributed by atoms with Gasteiger partial charge in [-0.3, -0.25) is 9.59 Å². The molecule has 1 aliphatic heterocycles. The molecule has 1 heterocycles. The summed E-state index contributed by atoms with van der Waals surface area (Å²) >= 11 is 0. The smallest absolute Gasteiger partial charge is 0.246 e. The summed E-state index contributed by atoms with van der Waals surface area (Å²) in [6.45, 7) is 1.62. The predicted octanol–water partition coefficient (Wildman–Crippen LogP) is 2.05. The number of carbonyl (C=O) groups is 2. The Hall–Kier alpha value is -1.84. The van der Waals surface area contributed by atoms with E-state index in [1.807, 2.05) is 30.3 Å². The number of hydrogen-bond donors (Lipinski definition) is 0. The van der Waals surface area contributed by atoms with Crippen LogP contribution in [0.1, 0.15) is 25.7 Å². The monoisotopic (exact) mass is 272 g/mol. The van der Waals surface area contributed by atoms with Crippen LogP contribution in [0.2, 0.25) is 0 Å². The highest BCUT2D eigenvalue weighted by Gasteiger charge is 2.32. The van der Waals surface area contributed by atoms with Crippen molar-refractivity contribution >= 4 is 17.5 Å². The minimum Gasteiger partial charge on any atom is -0.333 e. The van der Waals surface area contributed by atoms with Gasteiger partial charge in [0.15, 0.2) is 0 Å². The van der Waals surface area contributed by atoms with E-state index in [1.165, 1.54) is 0 Å². The van der Waals surface area contributed by atoms with Crippen LogP contribution in [0.3, 0.4) is 0 Å². The molecule has 0 spiro atoms. The van der Waals surface area contributed by atoms with E-state index in [9.17, 15) is 9.59 Å². The standard InChI is InChI=1S/C16H20N2O2/c19-15-12-17(16(20)13-6-4-7-13)10-5-11-18(15)14-8-2-1-3-9-14/h1-3,8-9,13H,4-7,10-12H2. The zero-order valence-electron chi connectivity index (χ0n) is 11.6. The molecule has 2 amide bonds. The molecule has 0 radical (unpaired) electrons. The van der Waals surface area contributed by atoms with Crippen molar-refractivity contribution in [2.75, 3.05) is 24.5 Å². The Labute approximate surface area is 119 Å². The van der Waals surface area contributed by atoms with Gasteiger partial charge in [-0.25, -0.2) is 0 Å². The van der Waals surface area contributed by atoms with Gasteiger partial charge in [0.2, 0.25) is 11.8 Å². The molecule has 4 heteroatoms. The number of anilines is 1. The van der Waals surface area contributed by atoms with Gasteiger partial charge in [0.25, 0.3) is 0 Å². The summed E-state index contributed by atoms with van der Waals surface area (Å²) < 4.78 is 0. The first-order valence-corrected chi connectivity index (χ1v) is 7.40. The summed E-state index contributed by atoms with van der Waals surface area (Å²) in [4.78, 5) is 28.2. The van der Waals surface area contributed by atoms with Crippen molar-refractivity contribution in [3.63, 3.8) is 0 Å². The molecule has 1 aliphatic carbocycles. The van der Waals surface area contributed by atoms with E-state index in [1.54, 1.807) is 9.80 Å². The highest BCUT2D eigenvalue weighted by molar-refractivity contribution is 5.97. The normalized spacial score (nSPS) is 20.5.